The van der Waals surface area contributed by atoms with E-state index in [9.17, 15) is 15.3 Å². The molecule has 0 heterocycles. The third kappa shape index (κ3) is 18.2. The van der Waals surface area contributed by atoms with Crippen molar-refractivity contribution in [3.63, 3.8) is 0 Å². The van der Waals surface area contributed by atoms with Crippen molar-refractivity contribution in [1.82, 2.24) is 0 Å². The highest BCUT2D eigenvalue weighted by atomic mass is 32.1. The van der Waals surface area contributed by atoms with Crippen LogP contribution in [0.25, 0.3) is 0 Å². The summed E-state index contributed by atoms with van der Waals surface area (Å²) in [4.78, 5) is 0. The molecule has 1 unspecified atom stereocenters. The average Bonchev–Trinajstić information content (AvgIpc) is 2.66. The highest BCUT2D eigenvalue weighted by Crippen LogP contribution is 2.22. The quantitative estimate of drug-likeness (QED) is 0.115. The number of thiocarbonyl (C=S) groups is 2. The molecule has 0 spiro atoms. The van der Waals surface area contributed by atoms with Gasteiger partial charge in [0, 0.05) is 0 Å². The van der Waals surface area contributed by atoms with E-state index in [-0.39, 0.29) is 11.5 Å². The molecule has 0 aliphatic heterocycles. The zero-order valence-corrected chi connectivity index (χ0v) is 20.4. The Morgan fingerprint density at radius 2 is 0.897 bits per heavy atom. The van der Waals surface area contributed by atoms with E-state index < -0.39 is 10.7 Å². The number of aliphatic hydroxyl groups is 3. The van der Waals surface area contributed by atoms with Crippen molar-refractivity contribution in [3.05, 3.63) is 0 Å². The molecule has 0 aromatic carbocycles. The Bertz CT molecular complexity index is 415. The van der Waals surface area contributed by atoms with E-state index in [0.29, 0.717) is 6.42 Å². The summed E-state index contributed by atoms with van der Waals surface area (Å²) < 4.78 is 0. The summed E-state index contributed by atoms with van der Waals surface area (Å²) in [6.45, 7) is 2.27. The first-order valence-corrected chi connectivity index (χ1v) is 12.9. The molecule has 0 rings (SSSR count). The van der Waals surface area contributed by atoms with Crippen molar-refractivity contribution in [1.29, 1.82) is 0 Å². The third-order valence-electron chi connectivity index (χ3n) is 5.79. The predicted octanol–water partition coefficient (Wildman–Crippen LogP) is 8.31. The Balaban J connectivity index is 3.35. The second-order valence-corrected chi connectivity index (χ2v) is 9.53. The van der Waals surface area contributed by atoms with E-state index in [1.807, 2.05) is 0 Å². The zero-order chi connectivity index (χ0) is 21.8. The third-order valence-corrected chi connectivity index (χ3v) is 6.31. The summed E-state index contributed by atoms with van der Waals surface area (Å²) >= 11 is 9.31. The highest BCUT2D eigenvalue weighted by Gasteiger charge is 2.33. The number of unbranched alkanes of at least 4 members (excludes halogenated alkanes) is 17. The first-order chi connectivity index (χ1) is 13.9. The van der Waals surface area contributed by atoms with Gasteiger partial charge in [0.2, 0.25) is 0 Å². The van der Waals surface area contributed by atoms with Gasteiger partial charge in [0.15, 0.2) is 10.1 Å². The molecule has 3 N–H and O–H groups in total. The van der Waals surface area contributed by atoms with Crippen molar-refractivity contribution in [2.75, 3.05) is 0 Å². The van der Waals surface area contributed by atoms with E-state index in [4.69, 9.17) is 12.2 Å². The van der Waals surface area contributed by atoms with Gasteiger partial charge in [-0.15, -0.1) is 0 Å². The minimum atomic E-state index is -1.55. The van der Waals surface area contributed by atoms with Crippen LogP contribution in [0, 0.1) is 0 Å². The largest absolute Gasteiger partial charge is 0.502 e. The SMILES string of the molecule is CCCCCCCCCCCCCCCCCCCCC(O)(CC(O)=S)C(O)=S. The molecule has 5 heteroatoms. The summed E-state index contributed by atoms with van der Waals surface area (Å²) in [7, 11) is 0. The van der Waals surface area contributed by atoms with Gasteiger partial charge in [-0.2, -0.15) is 0 Å². The fourth-order valence-corrected chi connectivity index (χ4v) is 4.25. The maximum Gasteiger partial charge on any atom is 0.189 e. The van der Waals surface area contributed by atoms with Crippen LogP contribution in [0.1, 0.15) is 135 Å². The fourth-order valence-electron chi connectivity index (χ4n) is 3.84. The van der Waals surface area contributed by atoms with Gasteiger partial charge in [0.1, 0.15) is 5.60 Å². The smallest absolute Gasteiger partial charge is 0.189 e. The lowest BCUT2D eigenvalue weighted by Gasteiger charge is -2.24. The van der Waals surface area contributed by atoms with Crippen LogP contribution in [-0.4, -0.2) is 31.0 Å². The van der Waals surface area contributed by atoms with Crippen molar-refractivity contribution >= 4 is 34.5 Å². The van der Waals surface area contributed by atoms with Gasteiger partial charge in [-0.25, -0.2) is 0 Å². The van der Waals surface area contributed by atoms with Crippen molar-refractivity contribution in [2.45, 2.75) is 141 Å². The molecule has 0 bridgehead atoms. The van der Waals surface area contributed by atoms with Gasteiger partial charge < -0.3 is 15.3 Å². The Morgan fingerprint density at radius 3 is 1.17 bits per heavy atom. The van der Waals surface area contributed by atoms with Crippen LogP contribution < -0.4 is 0 Å². The van der Waals surface area contributed by atoms with Crippen LogP contribution in [0.15, 0.2) is 0 Å². The standard InChI is InChI=1S/C24H46O3S2/c1-2-3-4-5-6-7-8-9-10-11-12-13-14-15-16-17-18-19-20-24(27,23(26)29)21-22(25)28/h27H,2-21H2,1H3,(H,25,28)(H,26,29). The molecule has 3 nitrogen and oxygen atoms in total. The maximum absolute atomic E-state index is 10.3. The molecule has 0 amide bonds. The molecular weight excluding hydrogens is 400 g/mol. The van der Waals surface area contributed by atoms with Crippen LogP contribution in [0.3, 0.4) is 0 Å². The van der Waals surface area contributed by atoms with Gasteiger partial charge in [-0.05, 0) is 30.9 Å². The van der Waals surface area contributed by atoms with Gasteiger partial charge in [-0.1, -0.05) is 122 Å². The number of hydrogen-bond acceptors (Lipinski definition) is 3. The molecule has 0 aromatic rings. The lowest BCUT2D eigenvalue weighted by Crippen LogP contribution is -2.39. The van der Waals surface area contributed by atoms with Gasteiger partial charge in [0.05, 0.1) is 6.42 Å². The van der Waals surface area contributed by atoms with Crippen LogP contribution in [0.2, 0.25) is 0 Å². The van der Waals surface area contributed by atoms with E-state index in [2.05, 4.69) is 19.1 Å². The zero-order valence-electron chi connectivity index (χ0n) is 18.8. The van der Waals surface area contributed by atoms with Crippen molar-refractivity contribution in [2.24, 2.45) is 0 Å². The molecule has 0 radical (unpaired) electrons. The van der Waals surface area contributed by atoms with Crippen molar-refractivity contribution < 1.29 is 15.3 Å². The minimum absolute atomic E-state index is 0.156. The summed E-state index contributed by atoms with van der Waals surface area (Å²) in [5, 5.41) is 28.1. The predicted molar refractivity (Wildman–Crippen MR) is 133 cm³/mol. The van der Waals surface area contributed by atoms with E-state index in [0.717, 1.165) is 19.3 Å². The normalized spacial score (nSPS) is 13.3. The van der Waals surface area contributed by atoms with E-state index >= 15 is 0 Å². The van der Waals surface area contributed by atoms with Crippen LogP contribution in [-0.2, 0) is 0 Å². The van der Waals surface area contributed by atoms with E-state index in [1.54, 1.807) is 0 Å². The lowest BCUT2D eigenvalue weighted by molar-refractivity contribution is 0.0882. The molecule has 172 valence electrons. The number of aliphatic hydroxyl groups excluding tert-OH is 2. The summed E-state index contributed by atoms with van der Waals surface area (Å²) in [6, 6.07) is 0. The molecule has 0 aromatic heterocycles. The fraction of sp³-hybridized carbons (Fsp3) is 0.917. The summed E-state index contributed by atoms with van der Waals surface area (Å²) in [5.74, 6) is 0. The average molecular weight is 447 g/mol. The van der Waals surface area contributed by atoms with Crippen molar-refractivity contribution in [3.8, 4) is 0 Å². The maximum atomic E-state index is 10.3. The topological polar surface area (TPSA) is 60.7 Å². The highest BCUT2D eigenvalue weighted by molar-refractivity contribution is 7.80. The molecule has 0 fully saturated rings. The molecular formula is C24H46O3S2. The summed E-state index contributed by atoms with van der Waals surface area (Å²) in [5.41, 5.74) is -1.55. The second kappa shape index (κ2) is 19.7. The molecule has 0 saturated heterocycles. The molecule has 0 aliphatic rings. The first-order valence-electron chi connectivity index (χ1n) is 12.1. The van der Waals surface area contributed by atoms with Crippen LogP contribution >= 0.6 is 24.4 Å². The molecule has 0 aliphatic carbocycles. The monoisotopic (exact) mass is 446 g/mol. The molecule has 29 heavy (non-hydrogen) atoms. The number of rotatable bonds is 22. The lowest BCUT2D eigenvalue weighted by atomic mass is 9.93. The van der Waals surface area contributed by atoms with Gasteiger partial charge in [-0.3, -0.25) is 0 Å². The summed E-state index contributed by atoms with van der Waals surface area (Å²) in [6.07, 6.45) is 23.7. The van der Waals surface area contributed by atoms with Crippen LogP contribution in [0.5, 0.6) is 0 Å². The Kier molecular flexibility index (Phi) is 19.5. The van der Waals surface area contributed by atoms with Crippen LogP contribution in [0.4, 0.5) is 0 Å². The molecule has 0 saturated carbocycles. The second-order valence-electron chi connectivity index (χ2n) is 8.67. The first kappa shape index (κ1) is 28.7. The van der Waals surface area contributed by atoms with Gasteiger partial charge in [0.25, 0.3) is 0 Å². The number of hydrogen-bond donors (Lipinski definition) is 3. The Morgan fingerprint density at radius 1 is 0.586 bits per heavy atom. The molecule has 1 atom stereocenters. The Hall–Kier alpha value is -0.260. The van der Waals surface area contributed by atoms with Gasteiger partial charge >= 0.3 is 0 Å². The van der Waals surface area contributed by atoms with E-state index in [1.165, 1.54) is 96.3 Å². The Labute approximate surface area is 190 Å². The minimum Gasteiger partial charge on any atom is -0.502 e.